The third kappa shape index (κ3) is 3.50. The smallest absolute Gasteiger partial charge is 0.268 e. The summed E-state index contributed by atoms with van der Waals surface area (Å²) in [7, 11) is 1.47. The fourth-order valence-corrected chi connectivity index (χ4v) is 3.80. The second kappa shape index (κ2) is 7.69. The molecular weight excluding hydrogens is 356 g/mol. The molecule has 0 spiro atoms. The molecule has 7 heteroatoms. The Labute approximate surface area is 164 Å². The minimum Gasteiger partial charge on any atom is -0.480 e. The van der Waals surface area contributed by atoms with Crippen LogP contribution in [0.3, 0.4) is 0 Å². The molecule has 7 nitrogen and oxygen atoms in total. The minimum absolute atomic E-state index is 0.225. The van der Waals surface area contributed by atoms with Gasteiger partial charge in [0.25, 0.3) is 11.8 Å². The monoisotopic (exact) mass is 380 g/mol. The minimum atomic E-state index is -0.323. The highest BCUT2D eigenvalue weighted by Gasteiger charge is 2.40. The van der Waals surface area contributed by atoms with Gasteiger partial charge >= 0.3 is 0 Å². The highest BCUT2D eigenvalue weighted by molar-refractivity contribution is 6.22. The van der Waals surface area contributed by atoms with E-state index in [1.165, 1.54) is 17.6 Å². The lowest BCUT2D eigenvalue weighted by Crippen LogP contribution is -2.50. The number of aromatic nitrogens is 1. The third-order valence-corrected chi connectivity index (χ3v) is 5.30. The van der Waals surface area contributed by atoms with Crippen molar-refractivity contribution >= 4 is 11.8 Å². The lowest BCUT2D eigenvalue weighted by atomic mass is 10.1. The molecule has 1 saturated heterocycles. The number of carbonyl (C=O) groups is 2. The van der Waals surface area contributed by atoms with Crippen LogP contribution in [-0.2, 0) is 6.54 Å². The number of carbonyl (C=O) groups excluding carboxylic acids is 2. The van der Waals surface area contributed by atoms with E-state index in [9.17, 15) is 9.59 Å². The number of rotatable bonds is 5. The second-order valence-electron chi connectivity index (χ2n) is 7.26. The number of benzene rings is 1. The Balaban J connectivity index is 1.39. The fourth-order valence-electron chi connectivity index (χ4n) is 3.80. The van der Waals surface area contributed by atoms with Crippen molar-refractivity contribution in [1.29, 1.82) is 0 Å². The zero-order valence-corrected chi connectivity index (χ0v) is 16.2. The van der Waals surface area contributed by atoms with Gasteiger partial charge in [0.15, 0.2) is 0 Å². The number of fused-ring (bicyclic) bond motifs is 1. The Kier molecular flexibility index (Phi) is 5.11. The lowest BCUT2D eigenvalue weighted by molar-refractivity contribution is 0.0447. The topological polar surface area (TPSA) is 66.0 Å². The molecule has 0 atom stereocenters. The van der Waals surface area contributed by atoms with Gasteiger partial charge in [0, 0.05) is 38.4 Å². The highest BCUT2D eigenvalue weighted by atomic mass is 16.5. The number of imide groups is 1. The van der Waals surface area contributed by atoms with Crippen LogP contribution < -0.4 is 4.74 Å². The maximum absolute atomic E-state index is 12.8. The first-order valence-corrected chi connectivity index (χ1v) is 9.47. The molecule has 0 bridgehead atoms. The van der Waals surface area contributed by atoms with Gasteiger partial charge in [0.2, 0.25) is 5.88 Å². The van der Waals surface area contributed by atoms with Crippen LogP contribution in [-0.4, -0.2) is 71.5 Å². The summed E-state index contributed by atoms with van der Waals surface area (Å²) < 4.78 is 5.23. The molecule has 2 aliphatic heterocycles. The Hall–Kier alpha value is -2.77. The summed E-state index contributed by atoms with van der Waals surface area (Å²) in [5.74, 6) is -0.366. The van der Waals surface area contributed by atoms with Crippen LogP contribution in [0.25, 0.3) is 0 Å². The van der Waals surface area contributed by atoms with E-state index in [0.29, 0.717) is 17.9 Å². The second-order valence-corrected chi connectivity index (χ2v) is 7.26. The van der Waals surface area contributed by atoms with E-state index in [0.717, 1.165) is 32.7 Å². The molecule has 4 rings (SSSR count). The molecule has 0 N–H and O–H groups in total. The van der Waals surface area contributed by atoms with Crippen LogP contribution in [0.15, 0.2) is 36.4 Å². The van der Waals surface area contributed by atoms with Gasteiger partial charge in [0.1, 0.15) is 5.56 Å². The Morgan fingerprint density at radius 2 is 1.68 bits per heavy atom. The predicted molar refractivity (Wildman–Crippen MR) is 104 cm³/mol. The molecule has 2 amide bonds. The van der Waals surface area contributed by atoms with Crippen molar-refractivity contribution in [2.24, 2.45) is 0 Å². The van der Waals surface area contributed by atoms with Gasteiger partial charge in [-0.05, 0) is 18.6 Å². The predicted octanol–water partition coefficient (Wildman–Crippen LogP) is 1.77. The maximum Gasteiger partial charge on any atom is 0.268 e. The number of hydrogen-bond donors (Lipinski definition) is 0. The van der Waals surface area contributed by atoms with E-state index in [1.807, 2.05) is 6.07 Å². The van der Waals surface area contributed by atoms with Crippen LogP contribution in [0.4, 0.5) is 0 Å². The first-order chi connectivity index (χ1) is 13.6. The average molecular weight is 380 g/mol. The SMILES string of the molecule is COc1nc(C)cc2c1C(=O)N(CN1CCN(Cc3ccccc3)CC1)C2=O. The molecule has 0 saturated carbocycles. The van der Waals surface area contributed by atoms with Crippen molar-refractivity contribution in [2.75, 3.05) is 40.0 Å². The Bertz CT molecular complexity index is 892. The highest BCUT2D eigenvalue weighted by Crippen LogP contribution is 2.30. The van der Waals surface area contributed by atoms with Gasteiger partial charge in [-0.15, -0.1) is 0 Å². The van der Waals surface area contributed by atoms with E-state index in [1.54, 1.807) is 13.0 Å². The summed E-state index contributed by atoms with van der Waals surface area (Å²) in [4.78, 5) is 35.7. The van der Waals surface area contributed by atoms with Crippen molar-refractivity contribution < 1.29 is 14.3 Å². The molecule has 2 aliphatic rings. The molecule has 146 valence electrons. The van der Waals surface area contributed by atoms with E-state index in [2.05, 4.69) is 39.0 Å². The van der Waals surface area contributed by atoms with E-state index in [4.69, 9.17) is 4.74 Å². The Morgan fingerprint density at radius 1 is 1.00 bits per heavy atom. The standard InChI is InChI=1S/C21H24N4O3/c1-15-12-17-18(19(22-15)28-2)21(27)25(20(17)26)14-24-10-8-23(9-11-24)13-16-6-4-3-5-7-16/h3-7,12H,8-11,13-14H2,1-2H3. The summed E-state index contributed by atoms with van der Waals surface area (Å²) >= 11 is 0. The largest absolute Gasteiger partial charge is 0.480 e. The zero-order valence-electron chi connectivity index (χ0n) is 16.2. The number of nitrogens with zero attached hydrogens (tertiary/aromatic N) is 4. The normalized spacial score (nSPS) is 17.9. The van der Waals surface area contributed by atoms with E-state index >= 15 is 0 Å². The molecule has 2 aromatic rings. The summed E-state index contributed by atoms with van der Waals surface area (Å²) in [5, 5.41) is 0. The van der Waals surface area contributed by atoms with Crippen molar-refractivity contribution in [2.45, 2.75) is 13.5 Å². The average Bonchev–Trinajstić information content (AvgIpc) is 2.94. The van der Waals surface area contributed by atoms with Gasteiger partial charge in [-0.3, -0.25) is 24.3 Å². The van der Waals surface area contributed by atoms with Crippen molar-refractivity contribution in [1.82, 2.24) is 19.7 Å². The molecule has 1 aromatic heterocycles. The maximum atomic E-state index is 12.8. The Morgan fingerprint density at radius 3 is 2.36 bits per heavy atom. The number of aryl methyl sites for hydroxylation is 1. The summed E-state index contributed by atoms with van der Waals surface area (Å²) in [6.07, 6.45) is 0. The zero-order chi connectivity index (χ0) is 19.7. The summed E-state index contributed by atoms with van der Waals surface area (Å²) in [6, 6.07) is 12.1. The van der Waals surface area contributed by atoms with Gasteiger partial charge in [-0.25, -0.2) is 4.98 Å². The first kappa shape index (κ1) is 18.6. The number of pyridine rings is 1. The van der Waals surface area contributed by atoms with Crippen LogP contribution in [0.2, 0.25) is 0 Å². The number of hydrogen-bond acceptors (Lipinski definition) is 6. The van der Waals surface area contributed by atoms with Crippen LogP contribution in [0.5, 0.6) is 5.88 Å². The van der Waals surface area contributed by atoms with Crippen LogP contribution >= 0.6 is 0 Å². The van der Waals surface area contributed by atoms with E-state index in [-0.39, 0.29) is 23.3 Å². The molecule has 3 heterocycles. The van der Waals surface area contributed by atoms with Crippen molar-refractivity contribution in [3.63, 3.8) is 0 Å². The molecule has 1 fully saturated rings. The van der Waals surface area contributed by atoms with Crippen molar-refractivity contribution in [3.05, 3.63) is 58.8 Å². The van der Waals surface area contributed by atoms with Crippen molar-refractivity contribution in [3.8, 4) is 5.88 Å². The summed E-state index contributed by atoms with van der Waals surface area (Å²) in [5.41, 5.74) is 2.62. The first-order valence-electron chi connectivity index (χ1n) is 9.47. The fraction of sp³-hybridized carbons (Fsp3) is 0.381. The molecular formula is C21H24N4O3. The molecule has 28 heavy (non-hydrogen) atoms. The number of methoxy groups -OCH3 is 1. The van der Waals surface area contributed by atoms with Gasteiger partial charge in [-0.1, -0.05) is 30.3 Å². The molecule has 0 unspecified atom stereocenters. The van der Waals surface area contributed by atoms with Gasteiger partial charge in [0.05, 0.1) is 19.3 Å². The van der Waals surface area contributed by atoms with Crippen LogP contribution in [0, 0.1) is 6.92 Å². The third-order valence-electron chi connectivity index (χ3n) is 5.30. The summed E-state index contributed by atoms with van der Waals surface area (Å²) in [6.45, 7) is 6.44. The molecule has 0 radical (unpaired) electrons. The number of amides is 2. The van der Waals surface area contributed by atoms with Gasteiger partial charge in [-0.2, -0.15) is 0 Å². The van der Waals surface area contributed by atoms with Gasteiger partial charge < -0.3 is 4.74 Å². The number of ether oxygens (including phenoxy) is 1. The van der Waals surface area contributed by atoms with Crippen LogP contribution in [0.1, 0.15) is 32.0 Å². The number of piperazine rings is 1. The van der Waals surface area contributed by atoms with E-state index < -0.39 is 0 Å². The molecule has 0 aliphatic carbocycles. The molecule has 1 aromatic carbocycles. The quantitative estimate of drug-likeness (QED) is 0.737. The lowest BCUT2D eigenvalue weighted by Gasteiger charge is -2.36.